The Kier molecular flexibility index (Phi) is 2.19. The second-order valence-corrected chi connectivity index (χ2v) is 4.59. The molecule has 1 N–H and O–H groups in total. The fraction of sp³-hybridized carbons (Fsp3) is 0. The van der Waals surface area contributed by atoms with Crippen molar-refractivity contribution in [1.29, 1.82) is 0 Å². The Morgan fingerprint density at radius 1 is 1.12 bits per heavy atom. The molecule has 84 valence electrons. The third-order valence-electron chi connectivity index (χ3n) is 2.62. The van der Waals surface area contributed by atoms with Gasteiger partial charge in [0.2, 0.25) is 5.43 Å². The minimum atomic E-state index is -0.140. The van der Waals surface area contributed by atoms with Gasteiger partial charge in [0.15, 0.2) is 5.58 Å². The molecule has 0 aliphatic rings. The molecule has 0 atom stereocenters. The fourth-order valence-electron chi connectivity index (χ4n) is 1.85. The molecule has 2 aromatic carbocycles. The molecular formula is C13H7BrO3. The normalized spacial score (nSPS) is 11.1. The predicted octanol–water partition coefficient (Wildman–Crippen LogP) is 3.41. The molecule has 1 aromatic heterocycles. The van der Waals surface area contributed by atoms with Gasteiger partial charge in [0.25, 0.3) is 0 Å². The van der Waals surface area contributed by atoms with Gasteiger partial charge in [-0.15, -0.1) is 0 Å². The molecule has 0 unspecified atom stereocenters. The van der Waals surface area contributed by atoms with Gasteiger partial charge < -0.3 is 9.52 Å². The van der Waals surface area contributed by atoms with Crippen molar-refractivity contribution in [2.75, 3.05) is 0 Å². The zero-order chi connectivity index (χ0) is 12.0. The van der Waals surface area contributed by atoms with E-state index >= 15 is 0 Å². The van der Waals surface area contributed by atoms with E-state index in [1.54, 1.807) is 18.2 Å². The summed E-state index contributed by atoms with van der Waals surface area (Å²) < 4.78 is 6.22. The van der Waals surface area contributed by atoms with Gasteiger partial charge >= 0.3 is 0 Å². The van der Waals surface area contributed by atoms with Crippen molar-refractivity contribution >= 4 is 37.9 Å². The summed E-state index contributed by atoms with van der Waals surface area (Å²) in [6.45, 7) is 0. The van der Waals surface area contributed by atoms with E-state index in [0.29, 0.717) is 26.4 Å². The lowest BCUT2D eigenvalue weighted by atomic mass is 10.1. The second kappa shape index (κ2) is 3.60. The van der Waals surface area contributed by atoms with E-state index in [-0.39, 0.29) is 11.2 Å². The summed E-state index contributed by atoms with van der Waals surface area (Å²) in [6.07, 6.45) is 0. The van der Waals surface area contributed by atoms with Crippen molar-refractivity contribution in [3.05, 3.63) is 51.1 Å². The molecule has 0 aliphatic carbocycles. The van der Waals surface area contributed by atoms with E-state index in [4.69, 9.17) is 4.42 Å². The molecule has 4 heteroatoms. The standard InChI is InChI=1S/C13H7BrO3/c14-10-6-7(15)5-9-12(16)8-3-1-2-4-11(8)17-13(9)10/h1-6,15H. The van der Waals surface area contributed by atoms with Crippen LogP contribution in [0.1, 0.15) is 0 Å². The Morgan fingerprint density at radius 2 is 1.88 bits per heavy atom. The van der Waals surface area contributed by atoms with Crippen LogP contribution in [0.5, 0.6) is 5.75 Å². The van der Waals surface area contributed by atoms with Gasteiger partial charge in [0.05, 0.1) is 15.2 Å². The number of hydrogen-bond donors (Lipinski definition) is 1. The van der Waals surface area contributed by atoms with Crippen LogP contribution in [0.3, 0.4) is 0 Å². The molecule has 0 radical (unpaired) electrons. The van der Waals surface area contributed by atoms with E-state index in [1.165, 1.54) is 12.1 Å². The van der Waals surface area contributed by atoms with Crippen LogP contribution in [-0.4, -0.2) is 5.11 Å². The van der Waals surface area contributed by atoms with Gasteiger partial charge in [-0.3, -0.25) is 4.79 Å². The lowest BCUT2D eigenvalue weighted by molar-refractivity contribution is 0.475. The number of halogens is 1. The number of aromatic hydroxyl groups is 1. The first kappa shape index (κ1) is 10.4. The molecule has 0 saturated carbocycles. The molecular weight excluding hydrogens is 284 g/mol. The molecule has 0 saturated heterocycles. The average Bonchev–Trinajstić information content (AvgIpc) is 2.31. The molecule has 0 bridgehead atoms. The highest BCUT2D eigenvalue weighted by atomic mass is 79.9. The summed E-state index contributed by atoms with van der Waals surface area (Å²) in [5.74, 6) is 0.0342. The molecule has 3 rings (SSSR count). The van der Waals surface area contributed by atoms with Crippen LogP contribution in [0.15, 0.2) is 50.1 Å². The zero-order valence-electron chi connectivity index (χ0n) is 8.61. The maximum Gasteiger partial charge on any atom is 0.200 e. The molecule has 17 heavy (non-hydrogen) atoms. The van der Waals surface area contributed by atoms with E-state index in [1.807, 2.05) is 6.07 Å². The van der Waals surface area contributed by atoms with E-state index in [0.717, 1.165) is 0 Å². The summed E-state index contributed by atoms with van der Waals surface area (Å²) in [4.78, 5) is 12.2. The zero-order valence-corrected chi connectivity index (χ0v) is 10.2. The highest BCUT2D eigenvalue weighted by molar-refractivity contribution is 9.10. The summed E-state index contributed by atoms with van der Waals surface area (Å²) in [6, 6.07) is 9.96. The maximum atomic E-state index is 12.2. The Balaban J connectivity index is 2.64. The van der Waals surface area contributed by atoms with Gasteiger partial charge in [-0.2, -0.15) is 0 Å². The first-order chi connectivity index (χ1) is 8.16. The van der Waals surface area contributed by atoms with E-state index in [9.17, 15) is 9.90 Å². The molecule has 0 aliphatic heterocycles. The van der Waals surface area contributed by atoms with Gasteiger partial charge in [-0.1, -0.05) is 12.1 Å². The van der Waals surface area contributed by atoms with Crippen molar-refractivity contribution in [3.63, 3.8) is 0 Å². The fourth-order valence-corrected chi connectivity index (χ4v) is 2.38. The highest BCUT2D eigenvalue weighted by Gasteiger charge is 2.10. The Labute approximate surface area is 104 Å². The van der Waals surface area contributed by atoms with Crippen LogP contribution in [0.25, 0.3) is 21.9 Å². The van der Waals surface area contributed by atoms with Crippen LogP contribution in [-0.2, 0) is 0 Å². The van der Waals surface area contributed by atoms with E-state index < -0.39 is 0 Å². The lowest BCUT2D eigenvalue weighted by Gasteiger charge is -2.03. The first-order valence-electron chi connectivity index (χ1n) is 5.01. The minimum Gasteiger partial charge on any atom is -0.508 e. The minimum absolute atomic E-state index is 0.0342. The largest absolute Gasteiger partial charge is 0.508 e. The summed E-state index contributed by atoms with van der Waals surface area (Å²) >= 11 is 3.27. The summed E-state index contributed by atoms with van der Waals surface area (Å²) in [5.41, 5.74) is 0.848. The smallest absolute Gasteiger partial charge is 0.200 e. The van der Waals surface area contributed by atoms with Crippen LogP contribution in [0.4, 0.5) is 0 Å². The quantitative estimate of drug-likeness (QED) is 0.646. The summed E-state index contributed by atoms with van der Waals surface area (Å²) in [7, 11) is 0. The second-order valence-electron chi connectivity index (χ2n) is 3.73. The van der Waals surface area contributed by atoms with Gasteiger partial charge in [-0.25, -0.2) is 0 Å². The van der Waals surface area contributed by atoms with Crippen molar-refractivity contribution in [3.8, 4) is 5.75 Å². The van der Waals surface area contributed by atoms with Crippen molar-refractivity contribution in [2.45, 2.75) is 0 Å². The Bertz CT molecular complexity index is 790. The van der Waals surface area contributed by atoms with E-state index in [2.05, 4.69) is 15.9 Å². The maximum absolute atomic E-state index is 12.2. The third kappa shape index (κ3) is 1.52. The third-order valence-corrected chi connectivity index (χ3v) is 3.21. The highest BCUT2D eigenvalue weighted by Crippen LogP contribution is 2.29. The van der Waals surface area contributed by atoms with Crippen LogP contribution in [0.2, 0.25) is 0 Å². The molecule has 0 amide bonds. The lowest BCUT2D eigenvalue weighted by Crippen LogP contribution is -2.01. The van der Waals surface area contributed by atoms with Crippen molar-refractivity contribution in [1.82, 2.24) is 0 Å². The number of rotatable bonds is 0. The van der Waals surface area contributed by atoms with Crippen LogP contribution < -0.4 is 5.43 Å². The molecule has 0 spiro atoms. The Morgan fingerprint density at radius 3 is 2.71 bits per heavy atom. The van der Waals surface area contributed by atoms with Crippen molar-refractivity contribution < 1.29 is 9.52 Å². The molecule has 3 nitrogen and oxygen atoms in total. The van der Waals surface area contributed by atoms with Gasteiger partial charge in [-0.05, 0) is 40.2 Å². The average molecular weight is 291 g/mol. The number of fused-ring (bicyclic) bond motifs is 2. The summed E-state index contributed by atoms with van der Waals surface area (Å²) in [5, 5.41) is 10.4. The molecule has 3 aromatic rings. The number of phenols is 1. The number of para-hydroxylation sites is 1. The number of benzene rings is 2. The van der Waals surface area contributed by atoms with Crippen LogP contribution in [0, 0.1) is 0 Å². The number of hydrogen-bond acceptors (Lipinski definition) is 3. The van der Waals surface area contributed by atoms with Crippen molar-refractivity contribution in [2.24, 2.45) is 0 Å². The monoisotopic (exact) mass is 290 g/mol. The topological polar surface area (TPSA) is 50.4 Å². The Hall–Kier alpha value is -1.81. The van der Waals surface area contributed by atoms with Gasteiger partial charge in [0.1, 0.15) is 11.3 Å². The number of phenolic OH excluding ortho intramolecular Hbond substituents is 1. The predicted molar refractivity (Wildman–Crippen MR) is 69.4 cm³/mol. The first-order valence-corrected chi connectivity index (χ1v) is 5.80. The van der Waals surface area contributed by atoms with Crippen LogP contribution >= 0.6 is 15.9 Å². The molecule has 0 fully saturated rings. The SMILES string of the molecule is O=c1c2ccccc2oc2c(Br)cc(O)cc12. The molecule has 1 heterocycles. The van der Waals surface area contributed by atoms with Gasteiger partial charge in [0, 0.05) is 0 Å².